The summed E-state index contributed by atoms with van der Waals surface area (Å²) >= 11 is 6.05. The number of ether oxygens (including phenoxy) is 3. The van der Waals surface area contributed by atoms with Crippen LogP contribution in [0.3, 0.4) is 0 Å². The molecule has 1 saturated heterocycles. The fourth-order valence-electron chi connectivity index (χ4n) is 4.27. The van der Waals surface area contributed by atoms with Gasteiger partial charge in [-0.2, -0.15) is 4.31 Å². The van der Waals surface area contributed by atoms with Gasteiger partial charge in [-0.3, -0.25) is 4.79 Å². The molecular weight excluding hydrogens is 484 g/mol. The van der Waals surface area contributed by atoms with Crippen LogP contribution in [-0.2, 0) is 24.3 Å². The zero-order chi connectivity index (χ0) is 24.5. The summed E-state index contributed by atoms with van der Waals surface area (Å²) in [7, 11) is -1.32. The van der Waals surface area contributed by atoms with Gasteiger partial charge in [-0.15, -0.1) is 0 Å². The van der Waals surface area contributed by atoms with E-state index in [0.717, 1.165) is 0 Å². The monoisotopic (exact) mass is 508 g/mol. The van der Waals surface area contributed by atoms with Crippen molar-refractivity contribution in [3.8, 4) is 11.5 Å². The molecule has 9 nitrogen and oxygen atoms in total. The first-order valence-corrected chi connectivity index (χ1v) is 12.6. The van der Waals surface area contributed by atoms with E-state index in [1.807, 2.05) is 0 Å². The van der Waals surface area contributed by atoms with E-state index in [4.69, 9.17) is 25.8 Å². The number of para-hydroxylation sites is 2. The lowest BCUT2D eigenvalue weighted by Crippen LogP contribution is -2.52. The van der Waals surface area contributed by atoms with Crippen LogP contribution in [0.25, 0.3) is 0 Å². The minimum Gasteiger partial charge on any atom is -0.495 e. The van der Waals surface area contributed by atoms with Gasteiger partial charge in [-0.05, 0) is 43.2 Å². The summed E-state index contributed by atoms with van der Waals surface area (Å²) in [5.74, 6) is -0.892. The SMILES string of the molecule is COC(=O)[C@@H]1CN(C(=O)[C@@H]2CCCN(S(=O)(=O)c3cc(Cl)ccc3OC)C2)c2ccccc2O1. The first-order chi connectivity index (χ1) is 16.3. The molecule has 0 aliphatic carbocycles. The maximum atomic E-state index is 13.6. The second kappa shape index (κ2) is 9.81. The number of esters is 1. The molecule has 0 N–H and O–H groups in total. The third-order valence-corrected chi connectivity index (χ3v) is 8.10. The minimum absolute atomic E-state index is 0.000745. The molecule has 2 aliphatic rings. The molecule has 2 aromatic carbocycles. The molecule has 0 unspecified atom stereocenters. The van der Waals surface area contributed by atoms with Crippen LogP contribution in [0.1, 0.15) is 12.8 Å². The fraction of sp³-hybridized carbons (Fsp3) is 0.391. The Kier molecular flexibility index (Phi) is 7.01. The van der Waals surface area contributed by atoms with Crippen LogP contribution in [0.4, 0.5) is 5.69 Å². The number of hydrogen-bond donors (Lipinski definition) is 0. The van der Waals surface area contributed by atoms with Gasteiger partial charge in [0, 0.05) is 18.1 Å². The number of carbonyl (C=O) groups is 2. The number of amides is 1. The Labute approximate surface area is 203 Å². The zero-order valence-corrected chi connectivity index (χ0v) is 20.3. The van der Waals surface area contributed by atoms with Crippen molar-refractivity contribution < 1.29 is 32.2 Å². The molecule has 182 valence electrons. The lowest BCUT2D eigenvalue weighted by molar-refractivity contribution is -0.148. The quantitative estimate of drug-likeness (QED) is 0.572. The molecule has 0 bridgehead atoms. The second-order valence-corrected chi connectivity index (χ2v) is 10.4. The van der Waals surface area contributed by atoms with Crippen molar-refractivity contribution in [3.63, 3.8) is 0 Å². The highest BCUT2D eigenvalue weighted by molar-refractivity contribution is 7.89. The molecule has 11 heteroatoms. The summed E-state index contributed by atoms with van der Waals surface area (Å²) in [5.41, 5.74) is 0.532. The third-order valence-electron chi connectivity index (χ3n) is 5.98. The topological polar surface area (TPSA) is 102 Å². The van der Waals surface area contributed by atoms with E-state index in [9.17, 15) is 18.0 Å². The van der Waals surface area contributed by atoms with E-state index in [1.165, 1.54) is 35.6 Å². The van der Waals surface area contributed by atoms with Crippen LogP contribution < -0.4 is 14.4 Å². The Morgan fingerprint density at radius 3 is 2.62 bits per heavy atom. The molecule has 34 heavy (non-hydrogen) atoms. The van der Waals surface area contributed by atoms with Gasteiger partial charge < -0.3 is 19.1 Å². The third kappa shape index (κ3) is 4.57. The summed E-state index contributed by atoms with van der Waals surface area (Å²) < 4.78 is 43.9. The summed E-state index contributed by atoms with van der Waals surface area (Å²) in [6.07, 6.45) is 0.0493. The normalized spacial score (nSPS) is 20.7. The Balaban J connectivity index is 1.60. The first kappa shape index (κ1) is 24.3. The number of fused-ring (bicyclic) bond motifs is 1. The average molecular weight is 509 g/mol. The lowest BCUT2D eigenvalue weighted by Gasteiger charge is -2.38. The van der Waals surface area contributed by atoms with Gasteiger partial charge in [0.15, 0.2) is 0 Å². The predicted molar refractivity (Wildman–Crippen MR) is 125 cm³/mol. The summed E-state index contributed by atoms with van der Waals surface area (Å²) in [6, 6.07) is 11.3. The van der Waals surface area contributed by atoms with Crippen LogP contribution in [-0.4, -0.2) is 64.6 Å². The van der Waals surface area contributed by atoms with E-state index in [2.05, 4.69) is 0 Å². The van der Waals surface area contributed by atoms with Gasteiger partial charge in [0.1, 0.15) is 16.4 Å². The highest BCUT2D eigenvalue weighted by atomic mass is 35.5. The Morgan fingerprint density at radius 2 is 1.88 bits per heavy atom. The smallest absolute Gasteiger partial charge is 0.348 e. The standard InChI is InChI=1S/C23H25ClN2O7S/c1-31-19-10-9-16(24)12-21(19)34(29,30)25-11-5-6-15(13-25)22(27)26-14-20(23(28)32-2)33-18-8-4-3-7-17(18)26/h3-4,7-10,12,15,20H,5-6,11,13-14H2,1-2H3/t15-,20+/m1/s1. The average Bonchev–Trinajstić information content (AvgIpc) is 2.87. The van der Waals surface area contributed by atoms with Crippen molar-refractivity contribution in [2.24, 2.45) is 5.92 Å². The van der Waals surface area contributed by atoms with E-state index in [-0.39, 0.29) is 41.2 Å². The second-order valence-electron chi connectivity index (χ2n) is 8.04. The molecule has 2 heterocycles. The number of nitrogens with zero attached hydrogens (tertiary/aromatic N) is 2. The number of carbonyl (C=O) groups excluding carboxylic acids is 2. The van der Waals surface area contributed by atoms with Gasteiger partial charge in [-0.1, -0.05) is 23.7 Å². The van der Waals surface area contributed by atoms with E-state index in [1.54, 1.807) is 30.3 Å². The zero-order valence-electron chi connectivity index (χ0n) is 18.8. The number of hydrogen-bond acceptors (Lipinski definition) is 7. The van der Waals surface area contributed by atoms with Crippen molar-refractivity contribution in [2.75, 3.05) is 38.8 Å². The minimum atomic E-state index is -3.96. The molecule has 2 atom stereocenters. The maximum absolute atomic E-state index is 13.6. The van der Waals surface area contributed by atoms with Crippen LogP contribution in [0.2, 0.25) is 5.02 Å². The number of anilines is 1. The van der Waals surface area contributed by atoms with Gasteiger partial charge >= 0.3 is 5.97 Å². The van der Waals surface area contributed by atoms with Gasteiger partial charge in [0.2, 0.25) is 22.0 Å². The number of piperidine rings is 1. The lowest BCUT2D eigenvalue weighted by atomic mass is 9.97. The Hall–Kier alpha value is -2.82. The highest BCUT2D eigenvalue weighted by Crippen LogP contribution is 2.36. The number of rotatable bonds is 5. The van der Waals surface area contributed by atoms with Crippen molar-refractivity contribution >= 4 is 39.2 Å². The highest BCUT2D eigenvalue weighted by Gasteiger charge is 2.40. The van der Waals surface area contributed by atoms with Crippen molar-refractivity contribution in [1.29, 1.82) is 0 Å². The number of sulfonamides is 1. The number of methoxy groups -OCH3 is 2. The largest absolute Gasteiger partial charge is 0.495 e. The fourth-order valence-corrected chi connectivity index (χ4v) is 6.21. The number of halogens is 1. The van der Waals surface area contributed by atoms with Crippen LogP contribution in [0.5, 0.6) is 11.5 Å². The van der Waals surface area contributed by atoms with E-state index >= 15 is 0 Å². The molecular formula is C23H25ClN2O7S. The van der Waals surface area contributed by atoms with Crippen molar-refractivity contribution in [2.45, 2.75) is 23.8 Å². The van der Waals surface area contributed by atoms with Crippen LogP contribution in [0, 0.1) is 5.92 Å². The van der Waals surface area contributed by atoms with Crippen molar-refractivity contribution in [1.82, 2.24) is 4.31 Å². The van der Waals surface area contributed by atoms with Crippen molar-refractivity contribution in [3.05, 3.63) is 47.5 Å². The molecule has 1 amide bonds. The molecule has 0 saturated carbocycles. The molecule has 2 aliphatic heterocycles. The Morgan fingerprint density at radius 1 is 1.12 bits per heavy atom. The summed E-state index contributed by atoms with van der Waals surface area (Å²) in [4.78, 5) is 27.2. The summed E-state index contributed by atoms with van der Waals surface area (Å²) in [5, 5.41) is 0.266. The molecule has 2 aromatic rings. The first-order valence-electron chi connectivity index (χ1n) is 10.7. The molecule has 1 fully saturated rings. The summed E-state index contributed by atoms with van der Waals surface area (Å²) in [6.45, 7) is 0.249. The molecule has 0 aromatic heterocycles. The Bertz CT molecular complexity index is 1200. The molecule has 4 rings (SSSR count). The van der Waals surface area contributed by atoms with Gasteiger partial charge in [0.05, 0.1) is 32.4 Å². The number of benzene rings is 2. The molecule has 0 spiro atoms. The van der Waals surface area contributed by atoms with Gasteiger partial charge in [-0.25, -0.2) is 13.2 Å². The predicted octanol–water partition coefficient (Wildman–Crippen LogP) is 2.72. The van der Waals surface area contributed by atoms with E-state index in [0.29, 0.717) is 24.3 Å². The van der Waals surface area contributed by atoms with Crippen LogP contribution >= 0.6 is 11.6 Å². The van der Waals surface area contributed by atoms with Gasteiger partial charge in [0.25, 0.3) is 0 Å². The molecule has 0 radical (unpaired) electrons. The maximum Gasteiger partial charge on any atom is 0.348 e. The van der Waals surface area contributed by atoms with Crippen LogP contribution in [0.15, 0.2) is 47.4 Å². The van der Waals surface area contributed by atoms with E-state index < -0.39 is 28.0 Å².